The van der Waals surface area contributed by atoms with Gasteiger partial charge in [-0.3, -0.25) is 5.43 Å². The molecule has 0 spiro atoms. The fraction of sp³-hybridized carbons (Fsp3) is 0.0870. The predicted octanol–water partition coefficient (Wildman–Crippen LogP) is 5.28. The van der Waals surface area contributed by atoms with E-state index in [9.17, 15) is 4.79 Å². The molecule has 6 nitrogen and oxygen atoms in total. The number of thiazole rings is 1. The highest BCUT2D eigenvalue weighted by molar-refractivity contribution is 7.22. The normalized spacial score (nSPS) is 11.0. The van der Waals surface area contributed by atoms with Gasteiger partial charge in [-0.2, -0.15) is 5.10 Å². The van der Waals surface area contributed by atoms with Crippen LogP contribution in [0.1, 0.15) is 21.5 Å². The minimum Gasteiger partial charge on any atom is -0.493 e. The molecule has 3 aromatic carbocycles. The molecule has 0 bridgehead atoms. The number of methoxy groups -OCH3 is 1. The number of para-hydroxylation sites is 1. The molecule has 7 heteroatoms. The third kappa shape index (κ3) is 4.31. The van der Waals surface area contributed by atoms with Gasteiger partial charge in [0.2, 0.25) is 5.13 Å². The Hall–Kier alpha value is -3.71. The van der Waals surface area contributed by atoms with E-state index in [1.807, 2.05) is 43.3 Å². The van der Waals surface area contributed by atoms with Gasteiger partial charge in [0.05, 0.1) is 29.1 Å². The zero-order valence-electron chi connectivity index (χ0n) is 16.5. The maximum Gasteiger partial charge on any atom is 0.343 e. The summed E-state index contributed by atoms with van der Waals surface area (Å²) in [7, 11) is 1.53. The Balaban J connectivity index is 1.47. The van der Waals surface area contributed by atoms with Crippen LogP contribution in [0.15, 0.2) is 71.8 Å². The van der Waals surface area contributed by atoms with E-state index in [0.29, 0.717) is 22.2 Å². The van der Waals surface area contributed by atoms with Gasteiger partial charge in [0.15, 0.2) is 11.5 Å². The van der Waals surface area contributed by atoms with Crippen molar-refractivity contribution in [1.82, 2.24) is 4.98 Å². The van der Waals surface area contributed by atoms with Gasteiger partial charge in [-0.25, -0.2) is 9.78 Å². The van der Waals surface area contributed by atoms with Crippen LogP contribution in [0.2, 0.25) is 0 Å². The third-order valence-electron chi connectivity index (χ3n) is 4.42. The maximum absolute atomic E-state index is 12.5. The van der Waals surface area contributed by atoms with Gasteiger partial charge < -0.3 is 9.47 Å². The van der Waals surface area contributed by atoms with Gasteiger partial charge in [-0.15, -0.1) is 0 Å². The first-order valence-corrected chi connectivity index (χ1v) is 10.1. The average molecular weight is 417 g/mol. The summed E-state index contributed by atoms with van der Waals surface area (Å²) >= 11 is 1.53. The van der Waals surface area contributed by atoms with E-state index in [4.69, 9.17) is 9.47 Å². The van der Waals surface area contributed by atoms with Crippen LogP contribution in [0, 0.1) is 6.92 Å². The number of benzene rings is 3. The van der Waals surface area contributed by atoms with Crippen LogP contribution in [-0.4, -0.2) is 24.3 Å². The fourth-order valence-corrected chi connectivity index (χ4v) is 3.70. The minimum atomic E-state index is -0.426. The monoisotopic (exact) mass is 417 g/mol. The van der Waals surface area contributed by atoms with Gasteiger partial charge in [0.25, 0.3) is 0 Å². The molecule has 0 fully saturated rings. The first-order valence-electron chi connectivity index (χ1n) is 9.24. The molecule has 0 saturated carbocycles. The number of hydrogen-bond donors (Lipinski definition) is 1. The second kappa shape index (κ2) is 8.75. The zero-order chi connectivity index (χ0) is 20.9. The van der Waals surface area contributed by atoms with Crippen molar-refractivity contribution in [2.75, 3.05) is 12.5 Å². The molecule has 0 unspecified atom stereocenters. The molecule has 0 aliphatic heterocycles. The van der Waals surface area contributed by atoms with E-state index in [2.05, 4.69) is 15.5 Å². The summed E-state index contributed by atoms with van der Waals surface area (Å²) < 4.78 is 12.0. The predicted molar refractivity (Wildman–Crippen MR) is 120 cm³/mol. The van der Waals surface area contributed by atoms with Gasteiger partial charge in [0.1, 0.15) is 0 Å². The van der Waals surface area contributed by atoms with Gasteiger partial charge in [-0.1, -0.05) is 41.7 Å². The Labute approximate surface area is 177 Å². The molecule has 0 aliphatic carbocycles. The summed E-state index contributed by atoms with van der Waals surface area (Å²) in [5, 5.41) is 4.95. The third-order valence-corrected chi connectivity index (χ3v) is 5.36. The number of aryl methyl sites for hydroxylation is 1. The van der Waals surface area contributed by atoms with Crippen LogP contribution in [0.25, 0.3) is 10.2 Å². The Morgan fingerprint density at radius 1 is 1.07 bits per heavy atom. The molecule has 0 atom stereocenters. The van der Waals surface area contributed by atoms with Gasteiger partial charge in [-0.05, 0) is 54.4 Å². The number of carbonyl (C=O) groups is 1. The van der Waals surface area contributed by atoms with Crippen LogP contribution in [-0.2, 0) is 0 Å². The van der Waals surface area contributed by atoms with Crippen molar-refractivity contribution in [3.63, 3.8) is 0 Å². The molecule has 4 rings (SSSR count). The number of carbonyl (C=O) groups excluding carboxylic acids is 1. The SMILES string of the molecule is COc1cc(/C=N\Nc2nc3ccccc3s2)ccc1OC(=O)c1ccccc1C. The summed E-state index contributed by atoms with van der Waals surface area (Å²) in [5.74, 6) is 0.369. The van der Waals surface area contributed by atoms with E-state index in [-0.39, 0.29) is 0 Å². The lowest BCUT2D eigenvalue weighted by Crippen LogP contribution is -2.10. The fourth-order valence-electron chi connectivity index (χ4n) is 2.89. The number of hydrogen-bond acceptors (Lipinski definition) is 7. The molecular formula is C23H19N3O3S. The summed E-state index contributed by atoms with van der Waals surface area (Å²) in [6, 6.07) is 20.4. The standard InChI is InChI=1S/C23H19N3O3S/c1-15-7-3-4-8-17(15)22(27)29-19-12-11-16(13-20(19)28-2)14-24-26-23-25-18-9-5-6-10-21(18)30-23/h3-14H,1-2H3,(H,25,26)/b24-14-. The lowest BCUT2D eigenvalue weighted by molar-refractivity contribution is 0.0729. The summed E-state index contributed by atoms with van der Waals surface area (Å²) in [6.45, 7) is 1.87. The highest BCUT2D eigenvalue weighted by Gasteiger charge is 2.14. The number of esters is 1. The summed E-state index contributed by atoms with van der Waals surface area (Å²) in [6.07, 6.45) is 1.65. The molecule has 1 heterocycles. The summed E-state index contributed by atoms with van der Waals surface area (Å²) in [5.41, 5.74) is 6.04. The highest BCUT2D eigenvalue weighted by atomic mass is 32.1. The first-order chi connectivity index (χ1) is 14.6. The lowest BCUT2D eigenvalue weighted by atomic mass is 10.1. The number of anilines is 1. The minimum absolute atomic E-state index is 0.349. The van der Waals surface area contributed by atoms with Gasteiger partial charge in [0, 0.05) is 0 Å². The number of fused-ring (bicyclic) bond motifs is 1. The highest BCUT2D eigenvalue weighted by Crippen LogP contribution is 2.29. The lowest BCUT2D eigenvalue weighted by Gasteiger charge is -2.11. The van der Waals surface area contributed by atoms with E-state index in [0.717, 1.165) is 21.3 Å². The maximum atomic E-state index is 12.5. The number of ether oxygens (including phenoxy) is 2. The first kappa shape index (κ1) is 19.6. The summed E-state index contributed by atoms with van der Waals surface area (Å²) in [4.78, 5) is 16.9. The Morgan fingerprint density at radius 3 is 2.67 bits per heavy atom. The second-order valence-corrected chi connectivity index (χ2v) is 7.50. The molecule has 1 aromatic heterocycles. The molecule has 150 valence electrons. The van der Waals surface area contributed by atoms with Crippen LogP contribution < -0.4 is 14.9 Å². The van der Waals surface area contributed by atoms with Crippen LogP contribution >= 0.6 is 11.3 Å². The van der Waals surface area contributed by atoms with E-state index in [1.165, 1.54) is 18.4 Å². The van der Waals surface area contributed by atoms with Crippen LogP contribution in [0.4, 0.5) is 5.13 Å². The van der Waals surface area contributed by atoms with Crippen molar-refractivity contribution in [3.05, 3.63) is 83.4 Å². The molecule has 4 aromatic rings. The largest absolute Gasteiger partial charge is 0.493 e. The molecule has 0 saturated heterocycles. The van der Waals surface area contributed by atoms with E-state index < -0.39 is 5.97 Å². The van der Waals surface area contributed by atoms with Crippen molar-refractivity contribution < 1.29 is 14.3 Å². The Morgan fingerprint density at radius 2 is 1.87 bits per heavy atom. The van der Waals surface area contributed by atoms with Crippen molar-refractivity contribution in [2.45, 2.75) is 6.92 Å². The number of aromatic nitrogens is 1. The number of hydrazone groups is 1. The zero-order valence-corrected chi connectivity index (χ0v) is 17.3. The molecule has 0 amide bonds. The average Bonchev–Trinajstić information content (AvgIpc) is 3.17. The topological polar surface area (TPSA) is 72.8 Å². The van der Waals surface area contributed by atoms with Gasteiger partial charge >= 0.3 is 5.97 Å². The van der Waals surface area contributed by atoms with Crippen molar-refractivity contribution in [1.29, 1.82) is 0 Å². The number of nitrogens with zero attached hydrogens (tertiary/aromatic N) is 2. The molecule has 0 aliphatic rings. The van der Waals surface area contributed by atoms with E-state index >= 15 is 0 Å². The van der Waals surface area contributed by atoms with Crippen molar-refractivity contribution in [3.8, 4) is 11.5 Å². The molecule has 0 radical (unpaired) electrons. The van der Waals surface area contributed by atoms with Crippen molar-refractivity contribution >= 4 is 38.9 Å². The van der Waals surface area contributed by atoms with Crippen LogP contribution in [0.3, 0.4) is 0 Å². The quantitative estimate of drug-likeness (QED) is 0.200. The number of nitrogens with one attached hydrogen (secondary N) is 1. The van der Waals surface area contributed by atoms with Crippen molar-refractivity contribution in [2.24, 2.45) is 5.10 Å². The number of rotatable bonds is 6. The molecular weight excluding hydrogens is 398 g/mol. The second-order valence-electron chi connectivity index (χ2n) is 6.47. The Kier molecular flexibility index (Phi) is 5.72. The molecule has 1 N–H and O–H groups in total. The van der Waals surface area contributed by atoms with Crippen LogP contribution in [0.5, 0.6) is 11.5 Å². The Bertz CT molecular complexity index is 1200. The molecule has 30 heavy (non-hydrogen) atoms. The smallest absolute Gasteiger partial charge is 0.343 e. The van der Waals surface area contributed by atoms with E-state index in [1.54, 1.807) is 36.5 Å².